The van der Waals surface area contributed by atoms with E-state index in [0.29, 0.717) is 12.1 Å². The van der Waals surface area contributed by atoms with Gasteiger partial charge in [-0.15, -0.1) is 11.3 Å². The molecule has 98 valence electrons. The van der Waals surface area contributed by atoms with E-state index in [-0.39, 0.29) is 11.7 Å². The number of rotatable bonds is 4. The summed E-state index contributed by atoms with van der Waals surface area (Å²) in [4.78, 5) is 12.9. The third-order valence-corrected chi connectivity index (χ3v) is 3.45. The molecule has 2 nitrogen and oxygen atoms in total. The Kier molecular flexibility index (Phi) is 4.47. The molecule has 4 heteroatoms. The highest BCUT2D eigenvalue weighted by atomic mass is 32.1. The molecular formula is C15H14FNOS. The van der Waals surface area contributed by atoms with Crippen LogP contribution in [-0.4, -0.2) is 5.91 Å². The van der Waals surface area contributed by atoms with Crippen LogP contribution in [0.25, 0.3) is 6.08 Å². The zero-order chi connectivity index (χ0) is 13.7. The van der Waals surface area contributed by atoms with Gasteiger partial charge in [-0.25, -0.2) is 4.39 Å². The molecule has 0 aliphatic rings. The van der Waals surface area contributed by atoms with Crippen molar-refractivity contribution in [3.05, 3.63) is 63.6 Å². The number of nitrogens with one attached hydrogen (secondary N) is 1. The van der Waals surface area contributed by atoms with Gasteiger partial charge < -0.3 is 5.32 Å². The number of halogens is 1. The van der Waals surface area contributed by atoms with Gasteiger partial charge in [0.25, 0.3) is 0 Å². The molecule has 0 unspecified atom stereocenters. The third kappa shape index (κ3) is 4.03. The second-order valence-corrected chi connectivity index (χ2v) is 5.13. The number of amides is 1. The van der Waals surface area contributed by atoms with Crippen molar-refractivity contribution in [3.8, 4) is 0 Å². The minimum absolute atomic E-state index is 0.113. The van der Waals surface area contributed by atoms with Gasteiger partial charge in [-0.3, -0.25) is 4.79 Å². The topological polar surface area (TPSA) is 29.1 Å². The van der Waals surface area contributed by atoms with Gasteiger partial charge in [0.15, 0.2) is 0 Å². The largest absolute Gasteiger partial charge is 0.348 e. The van der Waals surface area contributed by atoms with Crippen molar-refractivity contribution >= 4 is 23.3 Å². The van der Waals surface area contributed by atoms with Gasteiger partial charge >= 0.3 is 0 Å². The summed E-state index contributed by atoms with van der Waals surface area (Å²) in [7, 11) is 0. The third-order valence-electron chi connectivity index (χ3n) is 2.63. The molecule has 1 amide bonds. The van der Waals surface area contributed by atoms with E-state index in [9.17, 15) is 9.18 Å². The number of carbonyl (C=O) groups excluding carboxylic acids is 1. The van der Waals surface area contributed by atoms with E-state index in [1.165, 1.54) is 12.1 Å². The lowest BCUT2D eigenvalue weighted by Crippen LogP contribution is -2.23. The molecule has 2 aromatic rings. The summed E-state index contributed by atoms with van der Waals surface area (Å²) in [5.41, 5.74) is 1.53. The molecular weight excluding hydrogens is 261 g/mol. The van der Waals surface area contributed by atoms with Crippen molar-refractivity contribution < 1.29 is 9.18 Å². The Morgan fingerprint density at radius 3 is 2.68 bits per heavy atom. The fourth-order valence-electron chi connectivity index (χ4n) is 1.58. The fourth-order valence-corrected chi connectivity index (χ4v) is 2.29. The van der Waals surface area contributed by atoms with Crippen LogP contribution >= 0.6 is 11.3 Å². The Balaban J connectivity index is 1.92. The van der Waals surface area contributed by atoms with E-state index in [1.54, 1.807) is 30.4 Å². The number of thiophene rings is 1. The van der Waals surface area contributed by atoms with Crippen LogP contribution in [-0.2, 0) is 11.3 Å². The molecule has 1 aromatic heterocycles. The zero-order valence-electron chi connectivity index (χ0n) is 10.5. The predicted molar refractivity (Wildman–Crippen MR) is 76.2 cm³/mol. The quantitative estimate of drug-likeness (QED) is 0.849. The van der Waals surface area contributed by atoms with Crippen molar-refractivity contribution in [1.82, 2.24) is 5.32 Å². The highest BCUT2D eigenvalue weighted by Gasteiger charge is 2.04. The first-order valence-electron chi connectivity index (χ1n) is 5.89. The van der Waals surface area contributed by atoms with Gasteiger partial charge in [-0.1, -0.05) is 18.2 Å². The maximum absolute atomic E-state index is 12.7. The van der Waals surface area contributed by atoms with Crippen molar-refractivity contribution in [2.24, 2.45) is 0 Å². The molecule has 0 spiro atoms. The van der Waals surface area contributed by atoms with Crippen LogP contribution in [0, 0.1) is 5.82 Å². The van der Waals surface area contributed by atoms with E-state index in [1.807, 2.05) is 23.6 Å². The highest BCUT2D eigenvalue weighted by Crippen LogP contribution is 2.13. The van der Waals surface area contributed by atoms with Gasteiger partial charge in [0.1, 0.15) is 5.82 Å². The smallest absolute Gasteiger partial charge is 0.247 e. The normalized spacial score (nSPS) is 11.4. The van der Waals surface area contributed by atoms with Gasteiger partial charge in [0, 0.05) is 17.0 Å². The lowest BCUT2D eigenvalue weighted by Gasteiger charge is -2.05. The summed E-state index contributed by atoms with van der Waals surface area (Å²) in [6.45, 7) is 2.18. The maximum Gasteiger partial charge on any atom is 0.247 e. The van der Waals surface area contributed by atoms with Gasteiger partial charge in [0.05, 0.1) is 0 Å². The molecule has 0 fully saturated rings. The molecule has 1 aromatic carbocycles. The lowest BCUT2D eigenvalue weighted by atomic mass is 10.2. The van der Waals surface area contributed by atoms with Crippen LogP contribution in [0.5, 0.6) is 0 Å². The summed E-state index contributed by atoms with van der Waals surface area (Å²) in [5, 5.41) is 4.77. The van der Waals surface area contributed by atoms with Crippen LogP contribution in [0.1, 0.15) is 17.4 Å². The molecule has 0 atom stereocenters. The molecule has 0 aliphatic heterocycles. The van der Waals surface area contributed by atoms with Gasteiger partial charge in [-0.2, -0.15) is 0 Å². The summed E-state index contributed by atoms with van der Waals surface area (Å²) < 4.78 is 12.7. The first kappa shape index (κ1) is 13.5. The highest BCUT2D eigenvalue weighted by molar-refractivity contribution is 7.10. The standard InChI is InChI=1S/C15H14FNOS/c1-11(9-14-3-2-8-19-14)15(18)17-10-12-4-6-13(16)7-5-12/h2-9H,10H2,1H3,(H,17,18)/b11-9+. The SMILES string of the molecule is C/C(=C\c1cccs1)C(=O)NCc1ccc(F)cc1. The number of hydrogen-bond acceptors (Lipinski definition) is 2. The van der Waals surface area contributed by atoms with Crippen LogP contribution in [0.15, 0.2) is 47.4 Å². The number of carbonyl (C=O) groups is 1. The Hall–Kier alpha value is -1.94. The van der Waals surface area contributed by atoms with E-state index < -0.39 is 0 Å². The first-order valence-corrected chi connectivity index (χ1v) is 6.77. The zero-order valence-corrected chi connectivity index (χ0v) is 11.3. The summed E-state index contributed by atoms with van der Waals surface area (Å²) in [5.74, 6) is -0.387. The molecule has 0 saturated heterocycles. The predicted octanol–water partition coefficient (Wildman–Crippen LogP) is 3.61. The summed E-state index contributed by atoms with van der Waals surface area (Å²) in [6, 6.07) is 10.00. The minimum atomic E-state index is -0.274. The van der Waals surface area contributed by atoms with E-state index in [2.05, 4.69) is 5.32 Å². The van der Waals surface area contributed by atoms with E-state index >= 15 is 0 Å². The summed E-state index contributed by atoms with van der Waals surface area (Å²) in [6.07, 6.45) is 1.85. The molecule has 0 radical (unpaired) electrons. The second-order valence-electron chi connectivity index (χ2n) is 4.15. The van der Waals surface area contributed by atoms with Gasteiger partial charge in [0.2, 0.25) is 5.91 Å². The average molecular weight is 275 g/mol. The van der Waals surface area contributed by atoms with Crippen LogP contribution in [0.4, 0.5) is 4.39 Å². The van der Waals surface area contributed by atoms with Crippen LogP contribution < -0.4 is 5.32 Å². The second kappa shape index (κ2) is 6.29. The molecule has 0 saturated carbocycles. The maximum atomic E-state index is 12.7. The van der Waals surface area contributed by atoms with Crippen molar-refractivity contribution in [3.63, 3.8) is 0 Å². The van der Waals surface area contributed by atoms with E-state index in [4.69, 9.17) is 0 Å². The van der Waals surface area contributed by atoms with Crippen molar-refractivity contribution in [2.45, 2.75) is 13.5 Å². The monoisotopic (exact) mass is 275 g/mol. The Bertz CT molecular complexity index is 573. The molecule has 0 aliphatic carbocycles. The molecule has 1 N–H and O–H groups in total. The Morgan fingerprint density at radius 2 is 2.05 bits per heavy atom. The first-order chi connectivity index (χ1) is 9.15. The molecule has 0 bridgehead atoms. The summed E-state index contributed by atoms with van der Waals surface area (Å²) >= 11 is 1.59. The molecule has 19 heavy (non-hydrogen) atoms. The average Bonchev–Trinajstić information content (AvgIpc) is 2.90. The minimum Gasteiger partial charge on any atom is -0.348 e. The Morgan fingerprint density at radius 1 is 1.32 bits per heavy atom. The number of hydrogen-bond donors (Lipinski definition) is 1. The van der Waals surface area contributed by atoms with Gasteiger partial charge in [-0.05, 0) is 42.1 Å². The molecule has 2 rings (SSSR count). The Labute approximate surface area is 115 Å². The molecule has 1 heterocycles. The van der Waals surface area contributed by atoms with Crippen LogP contribution in [0.2, 0.25) is 0 Å². The lowest BCUT2D eigenvalue weighted by molar-refractivity contribution is -0.117. The van der Waals surface area contributed by atoms with Crippen LogP contribution in [0.3, 0.4) is 0 Å². The fraction of sp³-hybridized carbons (Fsp3) is 0.133. The number of benzene rings is 1. The van der Waals surface area contributed by atoms with Crippen molar-refractivity contribution in [2.75, 3.05) is 0 Å². The van der Waals surface area contributed by atoms with E-state index in [0.717, 1.165) is 10.4 Å². The van der Waals surface area contributed by atoms with Crippen molar-refractivity contribution in [1.29, 1.82) is 0 Å².